The first-order chi connectivity index (χ1) is 11.6. The van der Waals surface area contributed by atoms with E-state index in [4.69, 9.17) is 19.3 Å². The van der Waals surface area contributed by atoms with Gasteiger partial charge >= 0.3 is 0 Å². The van der Waals surface area contributed by atoms with Gasteiger partial charge in [0.2, 0.25) is 0 Å². The summed E-state index contributed by atoms with van der Waals surface area (Å²) in [5.41, 5.74) is 2.51. The lowest BCUT2D eigenvalue weighted by atomic mass is 10.0. The Balaban J connectivity index is 1.98. The molecule has 7 heteroatoms. The number of aliphatic imine (C=N–C) groups is 1. The molecule has 4 nitrogen and oxygen atoms in total. The highest BCUT2D eigenvalue weighted by atomic mass is 79.9. The van der Waals surface area contributed by atoms with Crippen LogP contribution in [0.15, 0.2) is 39.1 Å². The molecule has 0 unspecified atom stereocenters. The number of hydrogen-bond donors (Lipinski definition) is 0. The first-order valence-electron chi connectivity index (χ1n) is 7.60. The van der Waals surface area contributed by atoms with Gasteiger partial charge in [0, 0.05) is 18.9 Å². The van der Waals surface area contributed by atoms with Crippen LogP contribution < -0.4 is 0 Å². The van der Waals surface area contributed by atoms with Crippen molar-refractivity contribution in [3.05, 3.63) is 61.9 Å². The predicted octanol–water partition coefficient (Wildman–Crippen LogP) is 4.40. The maximum Gasteiger partial charge on any atom is 0.160 e. The van der Waals surface area contributed by atoms with Crippen LogP contribution in [0.3, 0.4) is 0 Å². The van der Waals surface area contributed by atoms with Crippen LogP contribution in [-0.4, -0.2) is 20.5 Å². The molecule has 1 aromatic carbocycles. The third-order valence-corrected chi connectivity index (χ3v) is 5.36. The van der Waals surface area contributed by atoms with Gasteiger partial charge in [0.05, 0.1) is 9.50 Å². The minimum absolute atomic E-state index is 0.288. The number of nitrogens with zero attached hydrogens (tertiary/aromatic N) is 4. The van der Waals surface area contributed by atoms with Crippen molar-refractivity contribution < 1.29 is 2.74 Å². The number of fused-ring (bicyclic) bond motifs is 3. The molecule has 3 heterocycles. The summed E-state index contributed by atoms with van der Waals surface area (Å²) in [4.78, 5) is 4.70. The van der Waals surface area contributed by atoms with Crippen LogP contribution in [0.4, 0.5) is 0 Å². The molecule has 0 atom stereocenters. The van der Waals surface area contributed by atoms with Crippen molar-refractivity contribution in [1.82, 2.24) is 14.8 Å². The highest BCUT2D eigenvalue weighted by Crippen LogP contribution is 2.36. The Bertz CT molecular complexity index is 966. The van der Waals surface area contributed by atoms with Crippen molar-refractivity contribution in [3.8, 4) is 5.00 Å². The molecular weight excluding hydrogens is 386 g/mol. The molecule has 22 heavy (non-hydrogen) atoms. The van der Waals surface area contributed by atoms with Crippen molar-refractivity contribution in [2.24, 2.45) is 4.99 Å². The van der Waals surface area contributed by atoms with E-state index in [2.05, 4.69) is 26.1 Å². The summed E-state index contributed by atoms with van der Waals surface area (Å²) in [6.07, 6.45) is 0. The molecule has 0 bridgehead atoms. The van der Waals surface area contributed by atoms with E-state index in [1.807, 2.05) is 30.3 Å². The maximum atomic E-state index is 7.72. The summed E-state index contributed by atoms with van der Waals surface area (Å²) in [5, 5.41) is 9.59. The van der Waals surface area contributed by atoms with Crippen LogP contribution in [-0.2, 0) is 6.54 Å². The fourth-order valence-corrected chi connectivity index (χ4v) is 4.29. The van der Waals surface area contributed by atoms with Gasteiger partial charge in [-0.25, -0.2) is 0 Å². The van der Waals surface area contributed by atoms with Crippen LogP contribution >= 0.6 is 38.9 Å². The van der Waals surface area contributed by atoms with Crippen LogP contribution in [0.2, 0.25) is 5.02 Å². The summed E-state index contributed by atoms with van der Waals surface area (Å²) in [5.74, 6) is 0.906. The minimum atomic E-state index is -1.22. The van der Waals surface area contributed by atoms with E-state index in [0.717, 1.165) is 25.6 Å². The summed E-state index contributed by atoms with van der Waals surface area (Å²) in [6.45, 7) is -0.902. The predicted molar refractivity (Wildman–Crippen MR) is 92.5 cm³/mol. The number of aromatic nitrogens is 3. The Labute approximate surface area is 147 Å². The first kappa shape index (κ1) is 12.0. The second-order valence-corrected chi connectivity index (χ2v) is 7.54. The summed E-state index contributed by atoms with van der Waals surface area (Å²) < 4.78 is 18.1. The van der Waals surface area contributed by atoms with E-state index in [-0.39, 0.29) is 5.82 Å². The number of rotatable bonds is 1. The van der Waals surface area contributed by atoms with E-state index >= 15 is 0 Å². The van der Waals surface area contributed by atoms with E-state index in [9.17, 15) is 0 Å². The number of hydrogen-bond acceptors (Lipinski definition) is 4. The van der Waals surface area contributed by atoms with Crippen molar-refractivity contribution >= 4 is 44.6 Å². The van der Waals surface area contributed by atoms with Gasteiger partial charge in [-0.05, 0) is 34.9 Å². The van der Waals surface area contributed by atoms with Crippen LogP contribution in [0.5, 0.6) is 0 Å². The molecule has 0 spiro atoms. The van der Waals surface area contributed by atoms with Gasteiger partial charge in [-0.15, -0.1) is 21.5 Å². The van der Waals surface area contributed by atoms with Gasteiger partial charge in [0.25, 0.3) is 0 Å². The van der Waals surface area contributed by atoms with Crippen LogP contribution in [0.1, 0.15) is 25.5 Å². The van der Waals surface area contributed by atoms with Gasteiger partial charge in [-0.1, -0.05) is 29.8 Å². The highest BCUT2D eigenvalue weighted by Gasteiger charge is 2.24. The van der Waals surface area contributed by atoms with E-state index in [0.29, 0.717) is 17.4 Å². The second kappa shape index (κ2) is 5.30. The lowest BCUT2D eigenvalue weighted by Crippen LogP contribution is -2.05. The summed E-state index contributed by atoms with van der Waals surface area (Å²) >= 11 is 11.4. The molecule has 0 saturated carbocycles. The molecule has 0 aliphatic carbocycles. The lowest BCUT2D eigenvalue weighted by Gasteiger charge is -2.08. The molecule has 0 radical (unpaired) electrons. The molecule has 0 N–H and O–H groups in total. The monoisotopic (exact) mass is 396 g/mol. The largest absolute Gasteiger partial charge is 0.276 e. The van der Waals surface area contributed by atoms with Gasteiger partial charge < -0.3 is 0 Å². The topological polar surface area (TPSA) is 43.1 Å². The van der Waals surface area contributed by atoms with Gasteiger partial charge in [0.15, 0.2) is 5.82 Å². The second-order valence-electron chi connectivity index (χ2n) is 4.72. The lowest BCUT2D eigenvalue weighted by molar-refractivity contribution is 0.869. The average molecular weight is 398 g/mol. The standard InChI is InChI=1S/C15H10BrClN4S/c1-8-19-20-13-7-18-14(9-4-2-3-5-11(9)17)10-6-12(16)22-15(10)21(8)13/h2-6H,7H2,1H3/i1D2,19+1,20+1. The fourth-order valence-electron chi connectivity index (χ4n) is 2.46. The molecule has 1 aliphatic heterocycles. The quantitative estimate of drug-likeness (QED) is 0.610. The molecule has 1 aliphatic rings. The summed E-state index contributed by atoms with van der Waals surface area (Å²) in [6, 6.07) is 9.54. The zero-order valence-electron chi connectivity index (χ0n) is 13.1. The Kier molecular flexibility index (Phi) is 2.89. The Hall–Kier alpha value is -1.50. The number of halogens is 2. The van der Waals surface area contributed by atoms with Crippen molar-refractivity contribution in [2.45, 2.75) is 13.4 Å². The molecule has 110 valence electrons. The molecular formula is C15H10BrClN4S. The molecule has 0 saturated heterocycles. The number of benzene rings is 1. The molecule has 2 aromatic heterocycles. The Morgan fingerprint density at radius 2 is 2.18 bits per heavy atom. The van der Waals surface area contributed by atoms with Crippen molar-refractivity contribution in [2.75, 3.05) is 0 Å². The molecule has 3 aromatic rings. The first-order valence-corrected chi connectivity index (χ1v) is 8.43. The van der Waals surface area contributed by atoms with Gasteiger partial charge in [0.1, 0.15) is 17.4 Å². The molecule has 0 fully saturated rings. The van der Waals surface area contributed by atoms with Gasteiger partial charge in [-0.3, -0.25) is 9.56 Å². The van der Waals surface area contributed by atoms with Crippen molar-refractivity contribution in [1.29, 1.82) is 0 Å². The third-order valence-electron chi connectivity index (χ3n) is 3.40. The zero-order valence-corrected chi connectivity index (χ0v) is 14.3. The summed E-state index contributed by atoms with van der Waals surface area (Å²) in [7, 11) is 0. The third kappa shape index (κ3) is 2.14. The maximum absolute atomic E-state index is 7.72. The Morgan fingerprint density at radius 3 is 3.00 bits per heavy atom. The SMILES string of the molecule is [2H]C([2H])c1[15n][15n]c2n1-c1sc(Br)cc1C(c1ccccc1Cl)=NC2. The normalized spacial score (nSPS) is 14.8. The van der Waals surface area contributed by atoms with E-state index < -0.39 is 6.88 Å². The van der Waals surface area contributed by atoms with Crippen LogP contribution in [0, 0.1) is 6.88 Å². The molecule has 4 rings (SSSR count). The molecule has 0 amide bonds. The number of thiophene rings is 1. The van der Waals surface area contributed by atoms with Crippen LogP contribution in [0.25, 0.3) is 5.00 Å². The fraction of sp³-hybridized carbons (Fsp3) is 0.133. The van der Waals surface area contributed by atoms with E-state index in [1.165, 1.54) is 11.3 Å². The van der Waals surface area contributed by atoms with Gasteiger partial charge in [-0.2, -0.15) is 0 Å². The minimum Gasteiger partial charge on any atom is -0.276 e. The highest BCUT2D eigenvalue weighted by molar-refractivity contribution is 9.11. The average Bonchev–Trinajstić information content (AvgIpc) is 3.09. The smallest absolute Gasteiger partial charge is 0.160 e. The Morgan fingerprint density at radius 1 is 1.32 bits per heavy atom. The zero-order chi connectivity index (χ0) is 16.8. The van der Waals surface area contributed by atoms with E-state index in [1.54, 1.807) is 4.57 Å². The van der Waals surface area contributed by atoms with Crippen molar-refractivity contribution in [3.63, 3.8) is 0 Å². The number of aryl methyl sites for hydroxylation is 1.